The van der Waals surface area contributed by atoms with E-state index in [-0.39, 0.29) is 37.5 Å². The Hall–Kier alpha value is -3.15. The lowest BCUT2D eigenvalue weighted by Crippen LogP contribution is -2.30. The van der Waals surface area contributed by atoms with Crippen LogP contribution in [0, 0.1) is 0 Å². The number of hydrogen-bond acceptors (Lipinski definition) is 6. The Morgan fingerprint density at radius 2 is 0.578 bits per heavy atom. The van der Waals surface area contributed by atoms with E-state index in [0.717, 1.165) is 103 Å². The van der Waals surface area contributed by atoms with Crippen LogP contribution >= 0.6 is 0 Å². The molecule has 0 heterocycles. The van der Waals surface area contributed by atoms with Crippen LogP contribution in [0.2, 0.25) is 0 Å². The van der Waals surface area contributed by atoms with E-state index in [9.17, 15) is 14.4 Å². The van der Waals surface area contributed by atoms with Gasteiger partial charge >= 0.3 is 17.9 Å². The predicted molar refractivity (Wildman–Crippen MR) is 274 cm³/mol. The summed E-state index contributed by atoms with van der Waals surface area (Å²) in [6.07, 6.45) is 66.0. The van der Waals surface area contributed by atoms with Crippen LogP contribution in [0.25, 0.3) is 0 Å². The minimum Gasteiger partial charge on any atom is -0.462 e. The quantitative estimate of drug-likeness (QED) is 0.0199. The number of allylic oxidation sites excluding steroid dienone is 12. The number of carbonyl (C=O) groups excluding carboxylic acids is 3. The second-order valence-electron chi connectivity index (χ2n) is 17.9. The van der Waals surface area contributed by atoms with Crippen LogP contribution < -0.4 is 0 Å². The van der Waals surface area contributed by atoms with Crippen molar-refractivity contribution >= 4 is 17.9 Å². The van der Waals surface area contributed by atoms with Crippen LogP contribution in [0.3, 0.4) is 0 Å². The monoisotopic (exact) mass is 893 g/mol. The molecule has 0 aromatic carbocycles. The van der Waals surface area contributed by atoms with Gasteiger partial charge in [-0.15, -0.1) is 0 Å². The van der Waals surface area contributed by atoms with Crippen molar-refractivity contribution in [3.63, 3.8) is 0 Å². The first-order valence-corrected chi connectivity index (χ1v) is 27.0. The second-order valence-corrected chi connectivity index (χ2v) is 17.9. The van der Waals surface area contributed by atoms with Gasteiger partial charge in [0.1, 0.15) is 13.2 Å². The van der Waals surface area contributed by atoms with Crippen molar-refractivity contribution in [2.24, 2.45) is 0 Å². The van der Waals surface area contributed by atoms with E-state index in [1.54, 1.807) is 0 Å². The molecule has 0 saturated carbocycles. The van der Waals surface area contributed by atoms with Gasteiger partial charge in [0.05, 0.1) is 0 Å². The molecule has 0 aliphatic rings. The number of esters is 3. The first kappa shape index (κ1) is 60.9. The highest BCUT2D eigenvalue weighted by molar-refractivity contribution is 5.71. The van der Waals surface area contributed by atoms with Crippen molar-refractivity contribution < 1.29 is 28.6 Å². The first-order chi connectivity index (χ1) is 31.5. The van der Waals surface area contributed by atoms with Crippen LogP contribution in [0.1, 0.15) is 258 Å². The highest BCUT2D eigenvalue weighted by Crippen LogP contribution is 2.13. The van der Waals surface area contributed by atoms with Crippen LogP contribution in [0.5, 0.6) is 0 Å². The fraction of sp³-hybridized carbons (Fsp3) is 0.741. The Morgan fingerprint density at radius 3 is 0.969 bits per heavy atom. The average Bonchev–Trinajstić information content (AvgIpc) is 3.29. The summed E-state index contributed by atoms with van der Waals surface area (Å²) in [4.78, 5) is 38.0. The summed E-state index contributed by atoms with van der Waals surface area (Å²) in [6.45, 7) is 6.55. The lowest BCUT2D eigenvalue weighted by atomic mass is 10.1. The largest absolute Gasteiger partial charge is 0.462 e. The first-order valence-electron chi connectivity index (χ1n) is 27.0. The van der Waals surface area contributed by atoms with E-state index >= 15 is 0 Å². The summed E-state index contributed by atoms with van der Waals surface area (Å²) in [6, 6.07) is 0. The summed E-state index contributed by atoms with van der Waals surface area (Å²) >= 11 is 0. The molecule has 368 valence electrons. The highest BCUT2D eigenvalue weighted by atomic mass is 16.6. The molecule has 1 atom stereocenters. The molecular formula is C58H100O6. The van der Waals surface area contributed by atoms with Crippen molar-refractivity contribution in [2.45, 2.75) is 264 Å². The van der Waals surface area contributed by atoms with Gasteiger partial charge in [0.15, 0.2) is 6.10 Å². The SMILES string of the molecule is CCCCC/C=C\CCCCCCCC(=O)OCC(COC(=O)CCCCCCC\C=C/C=C\C=C/CCCCCCC)OC(=O)CCCCC/C=C\C=C/CCCCCCCCC. The third-order valence-electron chi connectivity index (χ3n) is 11.5. The van der Waals surface area contributed by atoms with E-state index in [4.69, 9.17) is 14.2 Å². The number of unbranched alkanes of at least 4 members (excludes halogenated alkanes) is 28. The fourth-order valence-electron chi connectivity index (χ4n) is 7.37. The molecule has 0 aliphatic carbocycles. The topological polar surface area (TPSA) is 78.9 Å². The predicted octanol–water partition coefficient (Wildman–Crippen LogP) is 17.8. The van der Waals surface area contributed by atoms with Gasteiger partial charge < -0.3 is 14.2 Å². The van der Waals surface area contributed by atoms with Gasteiger partial charge in [0, 0.05) is 19.3 Å². The standard InChI is InChI=1S/C58H100O6/c1-4-7-10-13-16-19-22-25-27-29-30-32-33-36-39-42-45-48-51-57(60)63-54-55(53-62-56(59)50-47-44-41-38-35-24-21-18-15-12-9-6-3)64-58(61)52-49-46-43-40-37-34-31-28-26-23-20-17-14-11-8-5-2/h18,21-22,25,27-32,34,37,55H,4-17,19-20,23-24,26,33,35-36,38-54H2,1-3H3/b21-18-,25-22-,29-27-,31-28-,32-30-,37-34-. The maximum Gasteiger partial charge on any atom is 0.306 e. The van der Waals surface area contributed by atoms with Crippen molar-refractivity contribution in [3.8, 4) is 0 Å². The van der Waals surface area contributed by atoms with Gasteiger partial charge in [-0.25, -0.2) is 0 Å². The Balaban J connectivity index is 4.46. The molecule has 0 aliphatic heterocycles. The molecule has 0 radical (unpaired) electrons. The van der Waals surface area contributed by atoms with Crippen molar-refractivity contribution in [3.05, 3.63) is 72.9 Å². The second kappa shape index (κ2) is 52.5. The molecule has 0 aromatic rings. The molecule has 0 amide bonds. The van der Waals surface area contributed by atoms with Gasteiger partial charge in [0.2, 0.25) is 0 Å². The van der Waals surface area contributed by atoms with E-state index in [2.05, 4.69) is 93.7 Å². The van der Waals surface area contributed by atoms with Crippen molar-refractivity contribution in [1.82, 2.24) is 0 Å². The van der Waals surface area contributed by atoms with Gasteiger partial charge in [-0.05, 0) is 96.3 Å². The van der Waals surface area contributed by atoms with Gasteiger partial charge in [-0.3, -0.25) is 14.4 Å². The maximum absolute atomic E-state index is 12.8. The Morgan fingerprint density at radius 1 is 0.312 bits per heavy atom. The Labute approximate surface area is 395 Å². The van der Waals surface area contributed by atoms with Gasteiger partial charge in [-0.2, -0.15) is 0 Å². The van der Waals surface area contributed by atoms with E-state index in [1.807, 2.05) is 0 Å². The molecule has 64 heavy (non-hydrogen) atoms. The zero-order chi connectivity index (χ0) is 46.5. The molecule has 0 aromatic heterocycles. The third kappa shape index (κ3) is 49.9. The van der Waals surface area contributed by atoms with E-state index in [1.165, 1.54) is 116 Å². The van der Waals surface area contributed by atoms with Crippen LogP contribution in [0.4, 0.5) is 0 Å². The molecule has 0 N–H and O–H groups in total. The molecule has 6 nitrogen and oxygen atoms in total. The number of carbonyl (C=O) groups is 3. The summed E-state index contributed by atoms with van der Waals surface area (Å²) < 4.78 is 16.8. The maximum atomic E-state index is 12.8. The molecule has 0 rings (SSSR count). The molecule has 0 spiro atoms. The molecule has 0 saturated heterocycles. The molecule has 0 bridgehead atoms. The highest BCUT2D eigenvalue weighted by Gasteiger charge is 2.19. The zero-order valence-corrected chi connectivity index (χ0v) is 42.0. The van der Waals surface area contributed by atoms with Crippen LogP contribution in [-0.2, 0) is 28.6 Å². The third-order valence-corrected chi connectivity index (χ3v) is 11.5. The lowest BCUT2D eigenvalue weighted by molar-refractivity contribution is -0.167. The smallest absolute Gasteiger partial charge is 0.306 e. The van der Waals surface area contributed by atoms with Crippen LogP contribution in [-0.4, -0.2) is 37.2 Å². The summed E-state index contributed by atoms with van der Waals surface area (Å²) in [5, 5.41) is 0. The van der Waals surface area contributed by atoms with Crippen molar-refractivity contribution in [2.75, 3.05) is 13.2 Å². The van der Waals surface area contributed by atoms with Gasteiger partial charge in [-0.1, -0.05) is 216 Å². The molecular weight excluding hydrogens is 793 g/mol. The summed E-state index contributed by atoms with van der Waals surface area (Å²) in [5.74, 6) is -0.950. The summed E-state index contributed by atoms with van der Waals surface area (Å²) in [7, 11) is 0. The van der Waals surface area contributed by atoms with E-state index in [0.29, 0.717) is 12.8 Å². The molecule has 1 unspecified atom stereocenters. The number of ether oxygens (including phenoxy) is 3. The molecule has 0 fully saturated rings. The zero-order valence-electron chi connectivity index (χ0n) is 42.0. The normalized spacial score (nSPS) is 12.6. The Bertz CT molecular complexity index is 1210. The Kier molecular flexibility index (Phi) is 49.9. The minimum atomic E-state index is -0.801. The number of hydrogen-bond donors (Lipinski definition) is 0. The summed E-state index contributed by atoms with van der Waals surface area (Å²) in [5.41, 5.74) is 0. The number of rotatable bonds is 48. The minimum absolute atomic E-state index is 0.0974. The fourth-order valence-corrected chi connectivity index (χ4v) is 7.37. The van der Waals surface area contributed by atoms with Crippen LogP contribution in [0.15, 0.2) is 72.9 Å². The molecule has 6 heteroatoms. The lowest BCUT2D eigenvalue weighted by Gasteiger charge is -2.18. The van der Waals surface area contributed by atoms with Crippen molar-refractivity contribution in [1.29, 1.82) is 0 Å². The van der Waals surface area contributed by atoms with Gasteiger partial charge in [0.25, 0.3) is 0 Å². The van der Waals surface area contributed by atoms with E-state index < -0.39 is 6.10 Å². The average molecular weight is 893 g/mol.